The Labute approximate surface area is 195 Å². The fourth-order valence-electron chi connectivity index (χ4n) is 3.07. The van der Waals surface area contributed by atoms with Gasteiger partial charge in [0.1, 0.15) is 17.5 Å². The highest BCUT2D eigenvalue weighted by molar-refractivity contribution is 6.30. The van der Waals surface area contributed by atoms with Crippen molar-refractivity contribution in [1.29, 1.82) is 0 Å². The Hall–Kier alpha value is -2.73. The summed E-state index contributed by atoms with van der Waals surface area (Å²) in [6.07, 6.45) is 0.812. The third kappa shape index (κ3) is 8.42. The predicted octanol–water partition coefficient (Wildman–Crippen LogP) is 4.84. The lowest BCUT2D eigenvalue weighted by Gasteiger charge is -2.31. The summed E-state index contributed by atoms with van der Waals surface area (Å²) in [5.74, 6) is 1.19. The van der Waals surface area contributed by atoms with E-state index in [9.17, 15) is 9.59 Å². The molecule has 2 aromatic carbocycles. The summed E-state index contributed by atoms with van der Waals surface area (Å²) in [4.78, 5) is 27.4. The van der Waals surface area contributed by atoms with E-state index in [1.54, 1.807) is 31.1 Å². The minimum Gasteiger partial charge on any atom is -0.497 e. The molecule has 174 valence electrons. The summed E-state index contributed by atoms with van der Waals surface area (Å²) in [7, 11) is 1.61. The van der Waals surface area contributed by atoms with Gasteiger partial charge in [0.05, 0.1) is 13.7 Å². The highest BCUT2D eigenvalue weighted by atomic mass is 35.5. The number of benzene rings is 2. The monoisotopic (exact) mass is 460 g/mol. The summed E-state index contributed by atoms with van der Waals surface area (Å²) >= 11 is 5.98. The molecule has 6 nitrogen and oxygen atoms in total. The third-order valence-electron chi connectivity index (χ3n) is 4.79. The maximum atomic E-state index is 13.1. The molecule has 0 saturated carbocycles. The van der Waals surface area contributed by atoms with Crippen molar-refractivity contribution in [3.05, 3.63) is 59.1 Å². The van der Waals surface area contributed by atoms with Gasteiger partial charge in [-0.25, -0.2) is 0 Å². The van der Waals surface area contributed by atoms with Gasteiger partial charge in [0.15, 0.2) is 0 Å². The summed E-state index contributed by atoms with van der Waals surface area (Å²) < 4.78 is 10.9. The first-order valence-electron chi connectivity index (χ1n) is 10.7. The van der Waals surface area contributed by atoms with Gasteiger partial charge >= 0.3 is 0 Å². The highest BCUT2D eigenvalue weighted by Gasteiger charge is 2.28. The number of hydrogen-bond donors (Lipinski definition) is 1. The standard InChI is InChI=1S/C25H33ClN2O4/c1-18(24(30)27-25(2,3)4)28(17-19-8-10-20(26)11-9-19)23(29)7-6-16-32-22-14-12-21(31-5)13-15-22/h8-15,18H,6-7,16-17H2,1-5H3,(H,27,30). The molecule has 0 aromatic heterocycles. The minimum atomic E-state index is -0.611. The zero-order chi connectivity index (χ0) is 23.7. The zero-order valence-corrected chi connectivity index (χ0v) is 20.2. The molecule has 2 aromatic rings. The van der Waals surface area contributed by atoms with Crippen LogP contribution in [-0.2, 0) is 16.1 Å². The number of rotatable bonds is 10. The topological polar surface area (TPSA) is 67.9 Å². The lowest BCUT2D eigenvalue weighted by Crippen LogP contribution is -2.52. The first-order chi connectivity index (χ1) is 15.1. The van der Waals surface area contributed by atoms with Gasteiger partial charge in [-0.2, -0.15) is 0 Å². The van der Waals surface area contributed by atoms with E-state index in [2.05, 4.69) is 5.32 Å². The number of nitrogens with zero attached hydrogens (tertiary/aromatic N) is 1. The van der Waals surface area contributed by atoms with Gasteiger partial charge in [0, 0.05) is 23.5 Å². The SMILES string of the molecule is COc1ccc(OCCCC(=O)N(Cc2ccc(Cl)cc2)C(C)C(=O)NC(C)(C)C)cc1. The Balaban J connectivity index is 1.99. The van der Waals surface area contributed by atoms with E-state index < -0.39 is 6.04 Å². The number of halogens is 1. The number of hydrogen-bond acceptors (Lipinski definition) is 4. The molecule has 0 aliphatic rings. The Morgan fingerprint density at radius 3 is 2.19 bits per heavy atom. The second-order valence-corrected chi connectivity index (χ2v) is 9.13. The van der Waals surface area contributed by atoms with Crippen LogP contribution in [0.15, 0.2) is 48.5 Å². The summed E-state index contributed by atoms with van der Waals surface area (Å²) in [6.45, 7) is 8.23. The van der Waals surface area contributed by atoms with Crippen LogP contribution in [0.3, 0.4) is 0 Å². The van der Waals surface area contributed by atoms with Crippen molar-refractivity contribution < 1.29 is 19.1 Å². The van der Waals surface area contributed by atoms with E-state index in [-0.39, 0.29) is 23.8 Å². The van der Waals surface area contributed by atoms with Crippen LogP contribution in [0.25, 0.3) is 0 Å². The molecule has 0 fully saturated rings. The average Bonchev–Trinajstić information content (AvgIpc) is 2.75. The number of nitrogens with one attached hydrogen (secondary N) is 1. The van der Waals surface area contributed by atoms with Crippen molar-refractivity contribution in [2.24, 2.45) is 0 Å². The molecule has 2 amide bonds. The third-order valence-corrected chi connectivity index (χ3v) is 5.05. The predicted molar refractivity (Wildman–Crippen MR) is 127 cm³/mol. The van der Waals surface area contributed by atoms with Crippen LogP contribution in [0.5, 0.6) is 11.5 Å². The number of carbonyl (C=O) groups excluding carboxylic acids is 2. The highest BCUT2D eigenvalue weighted by Crippen LogP contribution is 2.18. The van der Waals surface area contributed by atoms with E-state index >= 15 is 0 Å². The van der Waals surface area contributed by atoms with E-state index in [1.165, 1.54) is 0 Å². The Morgan fingerprint density at radius 2 is 1.62 bits per heavy atom. The van der Waals surface area contributed by atoms with Crippen LogP contribution in [0.4, 0.5) is 0 Å². The van der Waals surface area contributed by atoms with Crippen LogP contribution >= 0.6 is 11.6 Å². The second-order valence-electron chi connectivity index (χ2n) is 8.69. The molecule has 0 spiro atoms. The number of carbonyl (C=O) groups is 2. The van der Waals surface area contributed by atoms with Crippen LogP contribution in [0, 0.1) is 0 Å². The van der Waals surface area contributed by atoms with Crippen LogP contribution < -0.4 is 14.8 Å². The van der Waals surface area contributed by atoms with E-state index in [0.29, 0.717) is 30.3 Å². The van der Waals surface area contributed by atoms with E-state index in [0.717, 1.165) is 11.3 Å². The first-order valence-corrected chi connectivity index (χ1v) is 11.1. The Bertz CT molecular complexity index is 876. The molecule has 0 heterocycles. The number of ether oxygens (including phenoxy) is 2. The number of amides is 2. The largest absolute Gasteiger partial charge is 0.497 e. The molecule has 32 heavy (non-hydrogen) atoms. The van der Waals surface area contributed by atoms with Gasteiger partial charge in [-0.3, -0.25) is 9.59 Å². The molecule has 0 radical (unpaired) electrons. The molecule has 1 unspecified atom stereocenters. The van der Waals surface area contributed by atoms with Crippen molar-refractivity contribution >= 4 is 23.4 Å². The lowest BCUT2D eigenvalue weighted by atomic mass is 10.1. The zero-order valence-electron chi connectivity index (χ0n) is 19.5. The summed E-state index contributed by atoms with van der Waals surface area (Å²) in [6, 6.07) is 14.0. The van der Waals surface area contributed by atoms with Crippen molar-refractivity contribution in [3.63, 3.8) is 0 Å². The van der Waals surface area contributed by atoms with Crippen LogP contribution in [-0.4, -0.2) is 42.0 Å². The van der Waals surface area contributed by atoms with E-state index in [1.807, 2.05) is 57.2 Å². The normalized spacial score (nSPS) is 12.1. The Kier molecular flexibility index (Phi) is 9.39. The van der Waals surface area contributed by atoms with Crippen molar-refractivity contribution in [3.8, 4) is 11.5 Å². The number of methoxy groups -OCH3 is 1. The smallest absolute Gasteiger partial charge is 0.242 e. The minimum absolute atomic E-state index is 0.102. The van der Waals surface area contributed by atoms with Gasteiger partial charge in [-0.15, -0.1) is 0 Å². The van der Waals surface area contributed by atoms with Crippen molar-refractivity contribution in [1.82, 2.24) is 10.2 Å². The maximum Gasteiger partial charge on any atom is 0.242 e. The van der Waals surface area contributed by atoms with Crippen molar-refractivity contribution in [2.45, 2.75) is 58.7 Å². The fourth-order valence-corrected chi connectivity index (χ4v) is 3.20. The molecule has 0 aliphatic carbocycles. The Morgan fingerprint density at radius 1 is 1.03 bits per heavy atom. The quantitative estimate of drug-likeness (QED) is 0.515. The first kappa shape index (κ1) is 25.5. The van der Waals surface area contributed by atoms with Crippen molar-refractivity contribution in [2.75, 3.05) is 13.7 Å². The average molecular weight is 461 g/mol. The lowest BCUT2D eigenvalue weighted by molar-refractivity contribution is -0.141. The molecule has 1 atom stereocenters. The van der Waals surface area contributed by atoms with Gasteiger partial charge < -0.3 is 19.7 Å². The van der Waals surface area contributed by atoms with E-state index in [4.69, 9.17) is 21.1 Å². The summed E-state index contributed by atoms with van der Waals surface area (Å²) in [5.41, 5.74) is 0.527. The van der Waals surface area contributed by atoms with Crippen LogP contribution in [0.2, 0.25) is 5.02 Å². The molecule has 7 heteroatoms. The van der Waals surface area contributed by atoms with Gasteiger partial charge in [-0.1, -0.05) is 23.7 Å². The molecule has 0 saturated heterocycles. The molecule has 0 bridgehead atoms. The molecular weight excluding hydrogens is 428 g/mol. The molecular formula is C25H33ClN2O4. The molecule has 2 rings (SSSR count). The van der Waals surface area contributed by atoms with Gasteiger partial charge in [0.25, 0.3) is 0 Å². The summed E-state index contributed by atoms with van der Waals surface area (Å²) in [5, 5.41) is 3.58. The molecule has 0 aliphatic heterocycles. The molecule has 1 N–H and O–H groups in total. The van der Waals surface area contributed by atoms with Gasteiger partial charge in [-0.05, 0) is 76.1 Å². The van der Waals surface area contributed by atoms with Gasteiger partial charge in [0.2, 0.25) is 11.8 Å². The maximum absolute atomic E-state index is 13.1. The second kappa shape index (κ2) is 11.8. The van der Waals surface area contributed by atoms with Crippen LogP contribution in [0.1, 0.15) is 46.1 Å². The fraction of sp³-hybridized carbons (Fsp3) is 0.440.